The summed E-state index contributed by atoms with van der Waals surface area (Å²) in [7, 11) is 2.02. The van der Waals surface area contributed by atoms with Gasteiger partial charge in [0.25, 0.3) is 5.91 Å². The molecule has 2 unspecified atom stereocenters. The largest absolute Gasteiger partial charge is 0.375 e. The number of nitrogens with zero attached hydrogens (tertiary/aromatic N) is 2. The van der Waals surface area contributed by atoms with Gasteiger partial charge in [-0.25, -0.2) is 0 Å². The summed E-state index contributed by atoms with van der Waals surface area (Å²) in [6.07, 6.45) is 2.23. The lowest BCUT2D eigenvalue weighted by molar-refractivity contribution is -0.129. The molecule has 1 saturated heterocycles. The predicted octanol–water partition coefficient (Wildman–Crippen LogP) is 0.582. The van der Waals surface area contributed by atoms with Gasteiger partial charge in [-0.05, 0) is 30.7 Å². The highest BCUT2D eigenvalue weighted by atomic mass is 16.2. The lowest BCUT2D eigenvalue weighted by Gasteiger charge is -2.20. The molecule has 2 rings (SSSR count). The molecule has 25 heavy (non-hydrogen) atoms. The van der Waals surface area contributed by atoms with E-state index < -0.39 is 23.7 Å². The second-order valence-electron chi connectivity index (χ2n) is 6.55. The predicted molar refractivity (Wildman–Crippen MR) is 95.9 cm³/mol. The van der Waals surface area contributed by atoms with Gasteiger partial charge in [-0.1, -0.05) is 13.3 Å². The number of rotatable bonds is 7. The summed E-state index contributed by atoms with van der Waals surface area (Å²) in [5, 5.41) is 0. The number of amides is 3. The van der Waals surface area contributed by atoms with Crippen LogP contribution in [0.25, 0.3) is 0 Å². The molecular weight excluding hydrogens is 320 g/mol. The van der Waals surface area contributed by atoms with Crippen LogP contribution in [-0.2, 0) is 9.59 Å². The normalized spacial score (nSPS) is 19.7. The molecule has 1 aliphatic rings. The minimum Gasteiger partial charge on any atom is -0.375 e. The van der Waals surface area contributed by atoms with Crippen LogP contribution >= 0.6 is 0 Å². The second-order valence-corrected chi connectivity index (χ2v) is 6.55. The molecule has 0 radical (unpaired) electrons. The van der Waals surface area contributed by atoms with Crippen molar-refractivity contribution >= 4 is 23.4 Å². The third kappa shape index (κ3) is 4.29. The van der Waals surface area contributed by atoms with Crippen molar-refractivity contribution in [2.24, 2.45) is 23.3 Å². The lowest BCUT2D eigenvalue weighted by atomic mass is 9.95. The van der Waals surface area contributed by atoms with Gasteiger partial charge in [0, 0.05) is 37.9 Å². The zero-order valence-electron chi connectivity index (χ0n) is 14.8. The first-order chi connectivity index (χ1) is 11.8. The van der Waals surface area contributed by atoms with Crippen molar-refractivity contribution in [3.05, 3.63) is 29.8 Å². The number of likely N-dealkylation sites (tertiary alicyclic amines) is 1. The fraction of sp³-hybridized carbons (Fsp3) is 0.500. The molecule has 0 saturated carbocycles. The summed E-state index contributed by atoms with van der Waals surface area (Å²) in [5.74, 6) is -2.88. The van der Waals surface area contributed by atoms with Gasteiger partial charge in [0.1, 0.15) is 0 Å². The van der Waals surface area contributed by atoms with Gasteiger partial charge in [0.2, 0.25) is 11.8 Å². The summed E-state index contributed by atoms with van der Waals surface area (Å²) < 4.78 is 0. The maximum atomic E-state index is 12.6. The summed E-state index contributed by atoms with van der Waals surface area (Å²) in [5.41, 5.74) is 12.2. The first-order valence-electron chi connectivity index (χ1n) is 8.54. The van der Waals surface area contributed by atoms with E-state index >= 15 is 0 Å². The van der Waals surface area contributed by atoms with E-state index in [0.29, 0.717) is 5.56 Å². The average molecular weight is 346 g/mol. The molecule has 0 spiro atoms. The third-order valence-electron chi connectivity index (χ3n) is 4.74. The highest BCUT2D eigenvalue weighted by Gasteiger charge is 2.41. The number of carbonyl (C=O) groups excluding carboxylic acids is 3. The van der Waals surface area contributed by atoms with E-state index in [2.05, 4.69) is 11.8 Å². The van der Waals surface area contributed by atoms with E-state index in [4.69, 9.17) is 11.5 Å². The van der Waals surface area contributed by atoms with Gasteiger partial charge in [0.05, 0.1) is 11.8 Å². The van der Waals surface area contributed by atoms with Gasteiger partial charge >= 0.3 is 0 Å². The molecule has 1 aromatic rings. The summed E-state index contributed by atoms with van der Waals surface area (Å²) in [4.78, 5) is 39.3. The number of unbranched alkanes of at least 4 members (excludes halogenated alkanes) is 1. The molecule has 7 heteroatoms. The van der Waals surface area contributed by atoms with Crippen molar-refractivity contribution < 1.29 is 14.4 Å². The zero-order valence-corrected chi connectivity index (χ0v) is 14.8. The van der Waals surface area contributed by atoms with Crippen molar-refractivity contribution in [1.29, 1.82) is 0 Å². The Kier molecular flexibility index (Phi) is 6.01. The fourth-order valence-electron chi connectivity index (χ4n) is 3.11. The maximum absolute atomic E-state index is 12.6. The Hall–Kier alpha value is -2.57. The van der Waals surface area contributed by atoms with Crippen LogP contribution in [0, 0.1) is 11.8 Å². The van der Waals surface area contributed by atoms with Crippen molar-refractivity contribution in [2.75, 3.05) is 31.6 Å². The maximum Gasteiger partial charge on any atom is 0.253 e. The highest BCUT2D eigenvalue weighted by Crippen LogP contribution is 2.25. The van der Waals surface area contributed by atoms with Crippen LogP contribution in [-0.4, -0.2) is 49.3 Å². The van der Waals surface area contributed by atoms with Crippen molar-refractivity contribution in [1.82, 2.24) is 4.90 Å². The number of hydrogen-bond acceptors (Lipinski definition) is 4. The Balaban J connectivity index is 2.08. The Morgan fingerprint density at radius 2 is 1.60 bits per heavy atom. The number of nitrogens with two attached hydrogens (primary N) is 2. The first kappa shape index (κ1) is 18.8. The van der Waals surface area contributed by atoms with Crippen LogP contribution in [0.1, 0.15) is 30.1 Å². The molecule has 1 aliphatic heterocycles. The third-order valence-corrected chi connectivity index (χ3v) is 4.74. The second kappa shape index (κ2) is 8.00. The van der Waals surface area contributed by atoms with Crippen LogP contribution in [0.4, 0.5) is 5.69 Å². The Morgan fingerprint density at radius 3 is 2.04 bits per heavy atom. The van der Waals surface area contributed by atoms with Gasteiger partial charge in [0.15, 0.2) is 0 Å². The minimum atomic E-state index is -0.721. The first-order valence-corrected chi connectivity index (χ1v) is 8.54. The van der Waals surface area contributed by atoms with E-state index in [0.717, 1.165) is 25.1 Å². The molecule has 1 heterocycles. The molecule has 4 N–H and O–H groups in total. The zero-order chi connectivity index (χ0) is 18.6. The monoisotopic (exact) mass is 346 g/mol. The van der Waals surface area contributed by atoms with Crippen LogP contribution < -0.4 is 16.4 Å². The summed E-state index contributed by atoms with van der Waals surface area (Å²) in [6, 6.07) is 7.32. The number of anilines is 1. The van der Waals surface area contributed by atoms with E-state index in [1.807, 2.05) is 19.2 Å². The van der Waals surface area contributed by atoms with E-state index in [-0.39, 0.29) is 19.0 Å². The number of benzene rings is 1. The molecule has 3 amide bonds. The standard InChI is InChI=1S/C18H26N4O3/c1-3-4-9-21(2)13-7-5-12(6-8-13)18(25)22-10-14(16(19)23)15(11-22)17(20)24/h5-8,14-15H,3-4,9-11H2,1-2H3,(H2,19,23)(H2,20,24). The van der Waals surface area contributed by atoms with Crippen LogP contribution in [0.2, 0.25) is 0 Å². The van der Waals surface area contributed by atoms with Crippen LogP contribution in [0.5, 0.6) is 0 Å². The Bertz CT molecular complexity index is 622. The average Bonchev–Trinajstić information content (AvgIpc) is 3.05. The highest BCUT2D eigenvalue weighted by molar-refractivity contribution is 5.96. The Labute approximate surface area is 147 Å². The van der Waals surface area contributed by atoms with E-state index in [9.17, 15) is 14.4 Å². The molecule has 0 bridgehead atoms. The van der Waals surface area contributed by atoms with Crippen molar-refractivity contribution in [3.8, 4) is 0 Å². The fourth-order valence-corrected chi connectivity index (χ4v) is 3.11. The SMILES string of the molecule is CCCCN(C)c1ccc(C(=O)N2CC(C(N)=O)C(C(N)=O)C2)cc1. The van der Waals surface area contributed by atoms with E-state index in [1.165, 1.54) is 4.90 Å². The topological polar surface area (TPSA) is 110 Å². The lowest BCUT2D eigenvalue weighted by Crippen LogP contribution is -2.36. The Morgan fingerprint density at radius 1 is 1.08 bits per heavy atom. The molecule has 7 nitrogen and oxygen atoms in total. The van der Waals surface area contributed by atoms with Gasteiger partial charge in [-0.15, -0.1) is 0 Å². The molecule has 136 valence electrons. The van der Waals surface area contributed by atoms with Gasteiger partial charge < -0.3 is 21.3 Å². The number of hydrogen-bond donors (Lipinski definition) is 2. The summed E-state index contributed by atoms with van der Waals surface area (Å²) >= 11 is 0. The molecule has 2 atom stereocenters. The number of primary amides is 2. The van der Waals surface area contributed by atoms with Crippen LogP contribution in [0.3, 0.4) is 0 Å². The molecule has 0 aromatic heterocycles. The number of carbonyl (C=O) groups is 3. The van der Waals surface area contributed by atoms with Crippen molar-refractivity contribution in [3.63, 3.8) is 0 Å². The van der Waals surface area contributed by atoms with Crippen molar-refractivity contribution in [2.45, 2.75) is 19.8 Å². The van der Waals surface area contributed by atoms with Gasteiger partial charge in [-0.3, -0.25) is 14.4 Å². The smallest absolute Gasteiger partial charge is 0.253 e. The molecular formula is C18H26N4O3. The molecule has 1 fully saturated rings. The minimum absolute atomic E-state index is 0.125. The van der Waals surface area contributed by atoms with E-state index in [1.54, 1.807) is 12.1 Å². The quantitative estimate of drug-likeness (QED) is 0.752. The van der Waals surface area contributed by atoms with Gasteiger partial charge in [-0.2, -0.15) is 0 Å². The molecule has 1 aromatic carbocycles. The summed E-state index contributed by atoms with van der Waals surface area (Å²) in [6.45, 7) is 3.35. The van der Waals surface area contributed by atoms with Crippen LogP contribution in [0.15, 0.2) is 24.3 Å². The molecule has 0 aliphatic carbocycles.